The Morgan fingerprint density at radius 3 is 2.71 bits per heavy atom. The summed E-state index contributed by atoms with van der Waals surface area (Å²) in [4.78, 5) is 16.5. The Kier molecular flexibility index (Phi) is 3.71. The number of hydrogen-bond donors (Lipinski definition) is 1. The van der Waals surface area contributed by atoms with Crippen LogP contribution in [-0.4, -0.2) is 9.55 Å². The zero-order valence-electron chi connectivity index (χ0n) is 12.2. The van der Waals surface area contributed by atoms with Crippen molar-refractivity contribution in [2.75, 3.05) is 0 Å². The van der Waals surface area contributed by atoms with E-state index >= 15 is 0 Å². The third-order valence-corrected chi connectivity index (χ3v) is 3.87. The fourth-order valence-corrected chi connectivity index (χ4v) is 2.67. The molecule has 0 radical (unpaired) electrons. The van der Waals surface area contributed by atoms with Crippen LogP contribution in [0.5, 0.6) is 0 Å². The Morgan fingerprint density at radius 2 is 2.00 bits per heavy atom. The lowest BCUT2D eigenvalue weighted by molar-refractivity contribution is 0.780. The van der Waals surface area contributed by atoms with E-state index in [1.54, 1.807) is 4.57 Å². The summed E-state index contributed by atoms with van der Waals surface area (Å²) in [6.07, 6.45) is 7.02. The molecule has 1 aliphatic carbocycles. The van der Waals surface area contributed by atoms with Gasteiger partial charge in [0.2, 0.25) is 0 Å². The Morgan fingerprint density at radius 1 is 1.24 bits per heavy atom. The Labute approximate surface area is 123 Å². The van der Waals surface area contributed by atoms with Gasteiger partial charge in [-0.15, -0.1) is 0 Å². The summed E-state index contributed by atoms with van der Waals surface area (Å²) in [5, 5.41) is 0. The van der Waals surface area contributed by atoms with Gasteiger partial charge in [-0.25, -0.2) is 4.79 Å². The summed E-state index contributed by atoms with van der Waals surface area (Å²) in [7, 11) is 0. The summed E-state index contributed by atoms with van der Waals surface area (Å²) in [6, 6.07) is 7.69. The first-order chi connectivity index (χ1) is 10.2. The van der Waals surface area contributed by atoms with E-state index < -0.39 is 0 Å². The van der Waals surface area contributed by atoms with Crippen molar-refractivity contribution in [1.29, 1.82) is 0 Å². The van der Waals surface area contributed by atoms with Crippen LogP contribution < -0.4 is 11.4 Å². The Bertz CT molecular complexity index is 742. The van der Waals surface area contributed by atoms with Gasteiger partial charge < -0.3 is 5.73 Å². The zero-order chi connectivity index (χ0) is 14.8. The van der Waals surface area contributed by atoms with Crippen LogP contribution >= 0.6 is 0 Å². The smallest absolute Gasteiger partial charge is 0.326 e. The van der Waals surface area contributed by atoms with Crippen LogP contribution in [-0.2, 0) is 13.0 Å². The van der Waals surface area contributed by atoms with Crippen LogP contribution in [0.1, 0.15) is 36.6 Å². The summed E-state index contributed by atoms with van der Waals surface area (Å²) in [6.45, 7) is 2.63. The van der Waals surface area contributed by atoms with Crippen LogP contribution in [0.3, 0.4) is 0 Å². The molecular weight excluding hydrogens is 262 g/mol. The Hall–Kier alpha value is -2.20. The quantitative estimate of drug-likeness (QED) is 0.919. The second-order valence-corrected chi connectivity index (χ2v) is 5.51. The predicted octanol–water partition coefficient (Wildman–Crippen LogP) is 2.43. The van der Waals surface area contributed by atoms with Crippen molar-refractivity contribution in [3.05, 3.63) is 63.3 Å². The van der Waals surface area contributed by atoms with Crippen LogP contribution in [0, 0.1) is 0 Å². The minimum Gasteiger partial charge on any atom is -0.326 e. The number of allylic oxidation sites excluding steroid dienone is 1. The van der Waals surface area contributed by atoms with Crippen LogP contribution in [0.25, 0.3) is 11.8 Å². The minimum atomic E-state index is -0.220. The van der Waals surface area contributed by atoms with Gasteiger partial charge in [-0.2, -0.15) is 4.98 Å². The molecule has 0 saturated carbocycles. The monoisotopic (exact) mass is 281 g/mol. The fourth-order valence-electron chi connectivity index (χ4n) is 2.67. The summed E-state index contributed by atoms with van der Waals surface area (Å²) < 4.78 is 1.61. The lowest BCUT2D eigenvalue weighted by Crippen LogP contribution is -2.23. The maximum absolute atomic E-state index is 12.2. The van der Waals surface area contributed by atoms with Crippen molar-refractivity contribution >= 4 is 6.08 Å². The number of hydrogen-bond acceptors (Lipinski definition) is 3. The molecule has 108 valence electrons. The molecule has 0 fully saturated rings. The van der Waals surface area contributed by atoms with Crippen LogP contribution in [0.15, 0.2) is 40.8 Å². The van der Waals surface area contributed by atoms with Crippen molar-refractivity contribution < 1.29 is 0 Å². The highest BCUT2D eigenvalue weighted by Gasteiger charge is 2.11. The van der Waals surface area contributed by atoms with Gasteiger partial charge in [0.05, 0.1) is 11.4 Å². The molecule has 4 nitrogen and oxygen atoms in total. The molecule has 0 saturated heterocycles. The fraction of sp³-hybridized carbons (Fsp3) is 0.294. The maximum Gasteiger partial charge on any atom is 0.352 e. The molecule has 2 N–H and O–H groups in total. The number of nitrogens with zero attached hydrogens (tertiary/aromatic N) is 2. The van der Waals surface area contributed by atoms with E-state index in [9.17, 15) is 4.79 Å². The highest BCUT2D eigenvalue weighted by Crippen LogP contribution is 2.21. The molecule has 0 atom stereocenters. The summed E-state index contributed by atoms with van der Waals surface area (Å²) in [5.74, 6) is 0. The van der Waals surface area contributed by atoms with Crippen molar-refractivity contribution in [2.45, 2.75) is 32.7 Å². The van der Waals surface area contributed by atoms with E-state index in [4.69, 9.17) is 5.73 Å². The molecule has 1 aliphatic rings. The molecule has 0 aliphatic heterocycles. The van der Waals surface area contributed by atoms with Gasteiger partial charge in [-0.1, -0.05) is 23.8 Å². The first-order valence-electron chi connectivity index (χ1n) is 7.26. The van der Waals surface area contributed by atoms with Gasteiger partial charge in [0.1, 0.15) is 0 Å². The molecule has 0 amide bonds. The lowest BCUT2D eigenvalue weighted by atomic mass is 10.1. The second kappa shape index (κ2) is 5.66. The largest absolute Gasteiger partial charge is 0.352 e. The normalized spacial score (nSPS) is 14.3. The van der Waals surface area contributed by atoms with Crippen LogP contribution in [0.2, 0.25) is 0 Å². The number of benzene rings is 1. The third-order valence-electron chi connectivity index (χ3n) is 3.87. The van der Waals surface area contributed by atoms with E-state index in [-0.39, 0.29) is 5.69 Å². The van der Waals surface area contributed by atoms with Gasteiger partial charge in [0.15, 0.2) is 0 Å². The number of rotatable bonds is 2. The van der Waals surface area contributed by atoms with E-state index in [0.29, 0.717) is 6.54 Å². The summed E-state index contributed by atoms with van der Waals surface area (Å²) in [5.41, 5.74) is 10.5. The standard InChI is InChI=1S/C17H19N3O/c1-12-3-2-4-16-14(9-12)11-20(17(21)19-16)15-7-5-13(10-18)6-8-15/h5-9,11H,2-4,10,18H2,1H3. The first-order valence-corrected chi connectivity index (χ1v) is 7.26. The molecular formula is C17H19N3O. The molecule has 0 spiro atoms. The molecule has 3 rings (SSSR count). The molecule has 0 bridgehead atoms. The van der Waals surface area contributed by atoms with Gasteiger partial charge >= 0.3 is 5.69 Å². The van der Waals surface area contributed by atoms with E-state index in [1.165, 1.54) is 5.57 Å². The SMILES string of the molecule is CC1=Cc2cn(-c3ccc(CN)cc3)c(=O)nc2CCC1. The topological polar surface area (TPSA) is 60.9 Å². The molecule has 4 heteroatoms. The van der Waals surface area contributed by atoms with E-state index in [0.717, 1.165) is 41.8 Å². The van der Waals surface area contributed by atoms with Crippen molar-refractivity contribution in [3.63, 3.8) is 0 Å². The Balaban J connectivity index is 2.10. The highest BCUT2D eigenvalue weighted by atomic mass is 16.1. The number of fused-ring (bicyclic) bond motifs is 1. The number of nitrogens with two attached hydrogens (primary N) is 1. The average Bonchev–Trinajstić information content (AvgIpc) is 2.67. The third kappa shape index (κ3) is 2.81. The number of aromatic nitrogens is 2. The second-order valence-electron chi connectivity index (χ2n) is 5.51. The molecule has 0 unspecified atom stereocenters. The minimum absolute atomic E-state index is 0.220. The maximum atomic E-state index is 12.2. The van der Waals surface area contributed by atoms with E-state index in [1.807, 2.05) is 30.5 Å². The molecule has 1 heterocycles. The lowest BCUT2D eigenvalue weighted by Gasteiger charge is -2.09. The van der Waals surface area contributed by atoms with Gasteiger partial charge in [0, 0.05) is 18.3 Å². The zero-order valence-corrected chi connectivity index (χ0v) is 12.2. The van der Waals surface area contributed by atoms with Crippen molar-refractivity contribution in [1.82, 2.24) is 9.55 Å². The van der Waals surface area contributed by atoms with Gasteiger partial charge in [0.25, 0.3) is 0 Å². The molecule has 1 aromatic carbocycles. The average molecular weight is 281 g/mol. The number of aryl methyl sites for hydroxylation is 1. The predicted molar refractivity (Wildman–Crippen MR) is 84.3 cm³/mol. The highest BCUT2D eigenvalue weighted by molar-refractivity contribution is 5.55. The van der Waals surface area contributed by atoms with E-state index in [2.05, 4.69) is 18.0 Å². The van der Waals surface area contributed by atoms with Gasteiger partial charge in [-0.3, -0.25) is 4.57 Å². The van der Waals surface area contributed by atoms with Crippen molar-refractivity contribution in [2.24, 2.45) is 5.73 Å². The molecule has 1 aromatic heterocycles. The molecule has 2 aromatic rings. The van der Waals surface area contributed by atoms with Crippen molar-refractivity contribution in [3.8, 4) is 5.69 Å². The first kappa shape index (κ1) is 13.8. The molecule has 21 heavy (non-hydrogen) atoms. The summed E-state index contributed by atoms with van der Waals surface area (Å²) >= 11 is 0. The van der Waals surface area contributed by atoms with Crippen LogP contribution in [0.4, 0.5) is 0 Å². The van der Waals surface area contributed by atoms with Gasteiger partial charge in [-0.05, 0) is 43.9 Å².